The first kappa shape index (κ1) is 15.0. The number of hydrogen-bond acceptors (Lipinski definition) is 4. The van der Waals surface area contributed by atoms with E-state index >= 15 is 0 Å². The molecule has 0 bridgehead atoms. The van der Waals surface area contributed by atoms with Crippen molar-refractivity contribution in [1.29, 1.82) is 0 Å². The normalized spacial score (nSPS) is 20.8. The number of carboxylic acids is 1. The highest BCUT2D eigenvalue weighted by atomic mass is 79.9. The molecular weight excluding hydrogens is 360 g/mol. The summed E-state index contributed by atoms with van der Waals surface area (Å²) in [5.74, 6) is -0.827. The maximum Gasteiger partial charge on any atom is 0.304 e. The summed E-state index contributed by atoms with van der Waals surface area (Å²) in [4.78, 5) is 11.2. The number of hydrogen-bond donors (Lipinski definition) is 1. The van der Waals surface area contributed by atoms with Crippen LogP contribution >= 0.6 is 15.9 Å². The van der Waals surface area contributed by atoms with Gasteiger partial charge in [-0.3, -0.25) is 4.79 Å². The van der Waals surface area contributed by atoms with Crippen molar-refractivity contribution in [2.24, 2.45) is 0 Å². The number of carbonyl (C=O) groups is 1. The Kier molecular flexibility index (Phi) is 3.62. The zero-order valence-corrected chi connectivity index (χ0v) is 13.6. The lowest BCUT2D eigenvalue weighted by Gasteiger charge is -2.26. The average Bonchev–Trinajstić information content (AvgIpc) is 3.05. The van der Waals surface area contributed by atoms with Crippen molar-refractivity contribution < 1.29 is 23.1 Å². The Morgan fingerprint density at radius 1 is 1.38 bits per heavy atom. The van der Waals surface area contributed by atoms with E-state index in [-0.39, 0.29) is 29.9 Å². The lowest BCUT2D eigenvalue weighted by atomic mass is 9.93. The fraction of sp³-hybridized carbons (Fsp3) is 0.500. The van der Waals surface area contributed by atoms with Crippen LogP contribution in [-0.4, -0.2) is 38.0 Å². The molecule has 2 aliphatic rings. The molecule has 0 spiro atoms. The molecule has 0 amide bonds. The first-order valence-corrected chi connectivity index (χ1v) is 9.03. The fourth-order valence-electron chi connectivity index (χ4n) is 2.64. The van der Waals surface area contributed by atoms with Crippen molar-refractivity contribution in [1.82, 2.24) is 0 Å². The second-order valence-electron chi connectivity index (χ2n) is 5.70. The van der Waals surface area contributed by atoms with Gasteiger partial charge >= 0.3 is 5.97 Å². The van der Waals surface area contributed by atoms with Crippen LogP contribution in [0.25, 0.3) is 0 Å². The van der Waals surface area contributed by atoms with Crippen molar-refractivity contribution in [2.75, 3.05) is 13.2 Å². The van der Waals surface area contributed by atoms with E-state index in [2.05, 4.69) is 15.9 Å². The largest absolute Gasteiger partial charge is 0.481 e. The van der Waals surface area contributed by atoms with Gasteiger partial charge in [-0.15, -0.1) is 0 Å². The minimum Gasteiger partial charge on any atom is -0.481 e. The molecule has 0 aromatic heterocycles. The van der Waals surface area contributed by atoms with Crippen LogP contribution in [0.1, 0.15) is 24.8 Å². The van der Waals surface area contributed by atoms with Crippen molar-refractivity contribution in [3.05, 3.63) is 28.2 Å². The first-order valence-electron chi connectivity index (χ1n) is 6.69. The minimum absolute atomic E-state index is 0.0853. The van der Waals surface area contributed by atoms with Crippen LogP contribution in [0.4, 0.5) is 0 Å². The topological polar surface area (TPSA) is 80.7 Å². The molecule has 1 N–H and O–H groups in total. The third kappa shape index (κ3) is 2.62. The number of aliphatic carboxylic acids is 1. The molecule has 1 saturated heterocycles. The highest BCUT2D eigenvalue weighted by Crippen LogP contribution is 2.51. The molecule has 0 radical (unpaired) electrons. The van der Waals surface area contributed by atoms with Gasteiger partial charge in [0.25, 0.3) is 0 Å². The van der Waals surface area contributed by atoms with Crippen molar-refractivity contribution in [2.45, 2.75) is 34.8 Å². The van der Waals surface area contributed by atoms with Crippen LogP contribution in [-0.2, 0) is 24.8 Å². The summed E-state index contributed by atoms with van der Waals surface area (Å²) in [5, 5.41) is 8.52. The summed E-state index contributed by atoms with van der Waals surface area (Å²) in [6.07, 6.45) is 1.74. The molecule has 7 heteroatoms. The molecule has 0 atom stereocenters. The van der Waals surface area contributed by atoms with E-state index in [4.69, 9.17) is 9.84 Å². The molecule has 1 aliphatic heterocycles. The first-order chi connectivity index (χ1) is 9.85. The van der Waals surface area contributed by atoms with Crippen LogP contribution in [0.5, 0.6) is 0 Å². The smallest absolute Gasteiger partial charge is 0.304 e. The maximum absolute atomic E-state index is 12.4. The second-order valence-corrected chi connectivity index (χ2v) is 8.75. The second kappa shape index (κ2) is 5.07. The Hall–Kier alpha value is -0.920. The zero-order valence-electron chi connectivity index (χ0n) is 11.2. The predicted octanol–water partition coefficient (Wildman–Crippen LogP) is 2.13. The predicted molar refractivity (Wildman–Crippen MR) is 79.1 cm³/mol. The number of halogens is 1. The molecule has 3 rings (SSSR count). The van der Waals surface area contributed by atoms with Gasteiger partial charge in [0.2, 0.25) is 0 Å². The highest BCUT2D eigenvalue weighted by molar-refractivity contribution is 9.10. The minimum atomic E-state index is -3.39. The molecule has 21 heavy (non-hydrogen) atoms. The summed E-state index contributed by atoms with van der Waals surface area (Å²) in [7, 11) is -3.39. The maximum atomic E-state index is 12.4. The summed E-state index contributed by atoms with van der Waals surface area (Å²) in [6, 6.07) is 5.07. The molecule has 1 aromatic rings. The molecule has 1 aliphatic carbocycles. The summed E-state index contributed by atoms with van der Waals surface area (Å²) < 4.78 is 30.2. The van der Waals surface area contributed by atoms with E-state index < -0.39 is 21.1 Å². The van der Waals surface area contributed by atoms with Gasteiger partial charge in [0.15, 0.2) is 9.84 Å². The van der Waals surface area contributed by atoms with Crippen molar-refractivity contribution in [3.63, 3.8) is 0 Å². The summed E-state index contributed by atoms with van der Waals surface area (Å²) in [6.45, 7) is 0.471. The average molecular weight is 375 g/mol. The molecule has 1 heterocycles. The zero-order chi connectivity index (χ0) is 15.3. The molecule has 0 unspecified atom stereocenters. The van der Waals surface area contributed by atoms with Gasteiger partial charge in [-0.05, 0) is 46.5 Å². The summed E-state index contributed by atoms with van der Waals surface area (Å²) >= 11 is 3.32. The molecular formula is C14H15BrO5S. The van der Waals surface area contributed by atoms with E-state index in [9.17, 15) is 13.2 Å². The Morgan fingerprint density at radius 2 is 2.05 bits per heavy atom. The van der Waals surface area contributed by atoms with Gasteiger partial charge in [0.05, 0.1) is 24.5 Å². The van der Waals surface area contributed by atoms with Crippen LogP contribution < -0.4 is 0 Å². The molecule has 2 fully saturated rings. The van der Waals surface area contributed by atoms with E-state index in [0.717, 1.165) is 18.4 Å². The van der Waals surface area contributed by atoms with Crippen molar-refractivity contribution >= 4 is 31.7 Å². The van der Waals surface area contributed by atoms with Crippen molar-refractivity contribution in [3.8, 4) is 0 Å². The number of ether oxygens (including phenoxy) is 1. The van der Waals surface area contributed by atoms with Crippen LogP contribution in [0, 0.1) is 0 Å². The third-order valence-electron chi connectivity index (χ3n) is 4.24. The quantitative estimate of drug-likeness (QED) is 0.853. The Balaban J connectivity index is 1.92. The Labute approximate surface area is 131 Å². The molecule has 5 nitrogen and oxygen atoms in total. The Bertz CT molecular complexity index is 689. The monoisotopic (exact) mass is 374 g/mol. The van der Waals surface area contributed by atoms with E-state index in [1.807, 2.05) is 0 Å². The van der Waals surface area contributed by atoms with Crippen LogP contribution in [0.2, 0.25) is 0 Å². The number of sulfone groups is 1. The third-order valence-corrected chi connectivity index (χ3v) is 7.28. The van der Waals surface area contributed by atoms with Crippen LogP contribution in [0.15, 0.2) is 27.6 Å². The van der Waals surface area contributed by atoms with Gasteiger partial charge in [0.1, 0.15) is 5.25 Å². The number of benzene rings is 1. The number of carboxylic acid groups (broad SMARTS) is 1. The van der Waals surface area contributed by atoms with E-state index in [0.29, 0.717) is 4.47 Å². The molecule has 114 valence electrons. The lowest BCUT2D eigenvalue weighted by Crippen LogP contribution is -2.40. The highest BCUT2D eigenvalue weighted by Gasteiger charge is 2.46. The van der Waals surface area contributed by atoms with E-state index in [1.165, 1.54) is 0 Å². The van der Waals surface area contributed by atoms with Gasteiger partial charge in [0, 0.05) is 9.89 Å². The molecule has 1 saturated carbocycles. The fourth-order valence-corrected chi connectivity index (χ4v) is 5.20. The summed E-state index contributed by atoms with van der Waals surface area (Å²) in [5.41, 5.74) is 0.566. The Morgan fingerprint density at radius 3 is 2.48 bits per heavy atom. The van der Waals surface area contributed by atoms with Gasteiger partial charge in [-0.1, -0.05) is 6.07 Å². The lowest BCUT2D eigenvalue weighted by molar-refractivity contribution is -0.137. The number of rotatable bonds is 5. The van der Waals surface area contributed by atoms with Gasteiger partial charge in [-0.25, -0.2) is 8.42 Å². The standard InChI is InChI=1S/C14H15BrO5S/c15-11-5-9(14(3-4-14)6-13(16)17)1-2-12(11)21(18,19)10-7-20-8-10/h1-2,5,10H,3-4,6-8H2,(H,16,17). The van der Waals surface area contributed by atoms with Gasteiger partial charge in [-0.2, -0.15) is 0 Å². The SMILES string of the molecule is O=C(O)CC1(c2ccc(S(=O)(=O)C3COC3)c(Br)c2)CC1. The van der Waals surface area contributed by atoms with Crippen LogP contribution in [0.3, 0.4) is 0 Å². The molecule has 1 aromatic carbocycles. The van der Waals surface area contributed by atoms with Gasteiger partial charge < -0.3 is 9.84 Å². The van der Waals surface area contributed by atoms with E-state index in [1.54, 1.807) is 18.2 Å².